The van der Waals surface area contributed by atoms with Crippen LogP contribution in [0.15, 0.2) is 5.10 Å². The molecule has 3 heteroatoms. The van der Waals surface area contributed by atoms with Crippen molar-refractivity contribution in [1.29, 1.82) is 0 Å². The van der Waals surface area contributed by atoms with Crippen LogP contribution in [0.2, 0.25) is 0 Å². The van der Waals surface area contributed by atoms with Gasteiger partial charge in [0.25, 0.3) is 0 Å². The maximum Gasteiger partial charge on any atom is 0.0702 e. The van der Waals surface area contributed by atoms with Gasteiger partial charge in [-0.3, -0.25) is 5.01 Å². The van der Waals surface area contributed by atoms with Crippen LogP contribution in [0.5, 0.6) is 0 Å². The summed E-state index contributed by atoms with van der Waals surface area (Å²) in [5, 5.41) is 15.2. The zero-order valence-corrected chi connectivity index (χ0v) is 7.03. The lowest BCUT2D eigenvalue weighted by atomic mass is 10.2. The molecule has 0 spiro atoms. The van der Waals surface area contributed by atoms with Gasteiger partial charge >= 0.3 is 0 Å². The molecule has 0 radical (unpaired) electrons. The van der Waals surface area contributed by atoms with Crippen LogP contribution in [0.4, 0.5) is 0 Å². The topological polar surface area (TPSA) is 35.8 Å². The van der Waals surface area contributed by atoms with Crippen LogP contribution in [0, 0.1) is 0 Å². The van der Waals surface area contributed by atoms with Crippen molar-refractivity contribution in [2.45, 2.75) is 32.2 Å². The summed E-state index contributed by atoms with van der Waals surface area (Å²) in [7, 11) is 0. The predicted octanol–water partition coefficient (Wildman–Crippen LogP) is 0.839. The van der Waals surface area contributed by atoms with Gasteiger partial charge in [0.15, 0.2) is 0 Å². The molecule has 1 heterocycles. The number of aliphatic hydroxyl groups is 1. The lowest BCUT2D eigenvalue weighted by Crippen LogP contribution is -2.27. The molecular weight excluding hydrogens is 140 g/mol. The highest BCUT2D eigenvalue weighted by molar-refractivity contribution is 5.56. The SMILES string of the molecule is CC/C=N/N1CCC[C@@H]1CO. The Bertz CT molecular complexity index is 136. The van der Waals surface area contributed by atoms with E-state index in [-0.39, 0.29) is 12.6 Å². The van der Waals surface area contributed by atoms with Gasteiger partial charge in [0.2, 0.25) is 0 Å². The minimum atomic E-state index is 0.237. The summed E-state index contributed by atoms with van der Waals surface area (Å²) in [6.07, 6.45) is 5.10. The summed E-state index contributed by atoms with van der Waals surface area (Å²) in [4.78, 5) is 0. The standard InChI is InChI=1S/C8H16N2O/c1-2-5-9-10-6-3-4-8(10)7-11/h5,8,11H,2-4,6-7H2,1H3/b9-5+/t8-/m1/s1. The molecule has 1 rings (SSSR count). The van der Waals surface area contributed by atoms with Crippen molar-refractivity contribution in [1.82, 2.24) is 5.01 Å². The van der Waals surface area contributed by atoms with E-state index in [2.05, 4.69) is 12.0 Å². The first-order valence-electron chi connectivity index (χ1n) is 4.28. The number of rotatable bonds is 3. The summed E-state index contributed by atoms with van der Waals surface area (Å²) < 4.78 is 0. The highest BCUT2D eigenvalue weighted by atomic mass is 16.3. The molecule has 1 aliphatic rings. The van der Waals surface area contributed by atoms with Gasteiger partial charge in [0.05, 0.1) is 12.6 Å². The second-order valence-electron chi connectivity index (χ2n) is 2.85. The van der Waals surface area contributed by atoms with Gasteiger partial charge in [0.1, 0.15) is 0 Å². The molecule has 0 saturated carbocycles. The monoisotopic (exact) mass is 156 g/mol. The van der Waals surface area contributed by atoms with E-state index in [4.69, 9.17) is 5.11 Å². The van der Waals surface area contributed by atoms with E-state index < -0.39 is 0 Å². The molecule has 0 amide bonds. The molecule has 64 valence electrons. The second-order valence-corrected chi connectivity index (χ2v) is 2.85. The first-order chi connectivity index (χ1) is 5.38. The Labute approximate surface area is 67.7 Å². The van der Waals surface area contributed by atoms with Gasteiger partial charge in [-0.1, -0.05) is 6.92 Å². The van der Waals surface area contributed by atoms with E-state index in [1.54, 1.807) is 0 Å². The number of hydrogen-bond donors (Lipinski definition) is 1. The first-order valence-corrected chi connectivity index (χ1v) is 4.28. The number of hydrazone groups is 1. The largest absolute Gasteiger partial charge is 0.394 e. The molecular formula is C8H16N2O. The van der Waals surface area contributed by atoms with Gasteiger partial charge in [0, 0.05) is 12.8 Å². The Kier molecular flexibility index (Phi) is 3.36. The van der Waals surface area contributed by atoms with Crippen LogP contribution in [0.25, 0.3) is 0 Å². The van der Waals surface area contributed by atoms with Gasteiger partial charge in [-0.25, -0.2) is 0 Å². The van der Waals surface area contributed by atoms with Crippen LogP contribution in [-0.4, -0.2) is 35.5 Å². The Morgan fingerprint density at radius 2 is 2.55 bits per heavy atom. The van der Waals surface area contributed by atoms with E-state index >= 15 is 0 Å². The quantitative estimate of drug-likeness (QED) is 0.615. The van der Waals surface area contributed by atoms with E-state index in [0.29, 0.717) is 0 Å². The van der Waals surface area contributed by atoms with Crippen molar-refractivity contribution in [3.05, 3.63) is 0 Å². The van der Waals surface area contributed by atoms with Crippen LogP contribution in [-0.2, 0) is 0 Å². The fourth-order valence-corrected chi connectivity index (χ4v) is 1.34. The number of aliphatic hydroxyl groups excluding tert-OH is 1. The minimum absolute atomic E-state index is 0.237. The summed E-state index contributed by atoms with van der Waals surface area (Å²) >= 11 is 0. The molecule has 0 bridgehead atoms. The van der Waals surface area contributed by atoms with Crippen molar-refractivity contribution < 1.29 is 5.11 Å². The molecule has 1 saturated heterocycles. The zero-order chi connectivity index (χ0) is 8.10. The third kappa shape index (κ3) is 2.19. The van der Waals surface area contributed by atoms with Crippen molar-refractivity contribution in [3.63, 3.8) is 0 Å². The molecule has 0 aliphatic carbocycles. The van der Waals surface area contributed by atoms with Gasteiger partial charge in [-0.2, -0.15) is 5.10 Å². The van der Waals surface area contributed by atoms with Gasteiger partial charge in [-0.15, -0.1) is 0 Å². The van der Waals surface area contributed by atoms with Crippen molar-refractivity contribution >= 4 is 6.21 Å². The minimum Gasteiger partial charge on any atom is -0.394 e. The highest BCUT2D eigenvalue weighted by Crippen LogP contribution is 2.16. The Balaban J connectivity index is 2.37. The fourth-order valence-electron chi connectivity index (χ4n) is 1.34. The fraction of sp³-hybridized carbons (Fsp3) is 0.875. The van der Waals surface area contributed by atoms with Crippen molar-refractivity contribution in [2.75, 3.05) is 13.2 Å². The average Bonchev–Trinajstić information content (AvgIpc) is 2.47. The maximum atomic E-state index is 8.92. The van der Waals surface area contributed by atoms with Gasteiger partial charge in [-0.05, 0) is 19.3 Å². The second kappa shape index (κ2) is 4.34. The summed E-state index contributed by atoms with van der Waals surface area (Å²) in [6.45, 7) is 3.30. The highest BCUT2D eigenvalue weighted by Gasteiger charge is 2.21. The van der Waals surface area contributed by atoms with E-state index in [9.17, 15) is 0 Å². The Hall–Kier alpha value is -0.570. The molecule has 0 unspecified atom stereocenters. The molecule has 1 N–H and O–H groups in total. The van der Waals surface area contributed by atoms with Crippen LogP contribution >= 0.6 is 0 Å². The molecule has 3 nitrogen and oxygen atoms in total. The smallest absolute Gasteiger partial charge is 0.0702 e. The molecule has 11 heavy (non-hydrogen) atoms. The third-order valence-electron chi connectivity index (χ3n) is 1.97. The van der Waals surface area contributed by atoms with Gasteiger partial charge < -0.3 is 5.11 Å². The normalized spacial score (nSPS) is 25.3. The first kappa shape index (κ1) is 8.53. The maximum absolute atomic E-state index is 8.92. The summed E-state index contributed by atoms with van der Waals surface area (Å²) in [6, 6.07) is 0.276. The molecule has 0 aromatic carbocycles. The molecule has 1 aliphatic heterocycles. The predicted molar refractivity (Wildman–Crippen MR) is 45.6 cm³/mol. The van der Waals surface area contributed by atoms with Crippen LogP contribution in [0.1, 0.15) is 26.2 Å². The van der Waals surface area contributed by atoms with E-state index in [1.807, 2.05) is 11.2 Å². The zero-order valence-electron chi connectivity index (χ0n) is 7.03. The van der Waals surface area contributed by atoms with E-state index in [1.165, 1.54) is 0 Å². The Morgan fingerprint density at radius 1 is 1.73 bits per heavy atom. The van der Waals surface area contributed by atoms with Crippen molar-refractivity contribution in [2.24, 2.45) is 5.10 Å². The molecule has 1 fully saturated rings. The lowest BCUT2D eigenvalue weighted by molar-refractivity contribution is 0.163. The molecule has 0 aromatic rings. The molecule has 0 aromatic heterocycles. The van der Waals surface area contributed by atoms with Crippen LogP contribution < -0.4 is 0 Å². The van der Waals surface area contributed by atoms with Crippen LogP contribution in [0.3, 0.4) is 0 Å². The summed E-state index contributed by atoms with van der Waals surface area (Å²) in [5.41, 5.74) is 0. The lowest BCUT2D eigenvalue weighted by Gasteiger charge is -2.18. The summed E-state index contributed by atoms with van der Waals surface area (Å²) in [5.74, 6) is 0. The number of hydrogen-bond acceptors (Lipinski definition) is 3. The van der Waals surface area contributed by atoms with E-state index in [0.717, 1.165) is 25.8 Å². The third-order valence-corrected chi connectivity index (χ3v) is 1.97. The number of nitrogens with zero attached hydrogens (tertiary/aromatic N) is 2. The average molecular weight is 156 g/mol. The Morgan fingerprint density at radius 3 is 3.18 bits per heavy atom. The van der Waals surface area contributed by atoms with Crippen molar-refractivity contribution in [3.8, 4) is 0 Å². The molecule has 1 atom stereocenters.